The zero-order chi connectivity index (χ0) is 20.7. The van der Waals surface area contributed by atoms with Crippen molar-refractivity contribution in [2.45, 2.75) is 52.4 Å². The van der Waals surface area contributed by atoms with Gasteiger partial charge in [-0.05, 0) is 46.8 Å². The lowest BCUT2D eigenvalue weighted by Gasteiger charge is -2.13. The van der Waals surface area contributed by atoms with Gasteiger partial charge in [0.15, 0.2) is 11.4 Å². The molecule has 0 aliphatic heterocycles. The number of aromatic nitrogens is 5. The highest BCUT2D eigenvalue weighted by Crippen LogP contribution is 2.28. The molecule has 29 heavy (non-hydrogen) atoms. The Bertz CT molecular complexity index is 1220. The van der Waals surface area contributed by atoms with Crippen LogP contribution in [0.4, 0.5) is 0 Å². The van der Waals surface area contributed by atoms with E-state index in [0.717, 1.165) is 45.6 Å². The highest BCUT2D eigenvalue weighted by Gasteiger charge is 2.19. The van der Waals surface area contributed by atoms with E-state index in [1.165, 1.54) is 11.8 Å². The number of aryl methyl sites for hydroxylation is 2. The first-order chi connectivity index (χ1) is 13.9. The molecule has 0 unspecified atom stereocenters. The first-order valence-electron chi connectivity index (χ1n) is 9.88. The first kappa shape index (κ1) is 19.6. The smallest absolute Gasteiger partial charge is 0.211 e. The SMILES string of the molecule is CCn1c2ccccc2c2nnc(SCC(=O)c3cc(C)n(C(C)C)c3C)nc21. The maximum atomic E-state index is 12.8. The number of rotatable bonds is 6. The summed E-state index contributed by atoms with van der Waals surface area (Å²) in [5, 5.41) is 10.3. The average molecular weight is 408 g/mol. The third-order valence-electron chi connectivity index (χ3n) is 5.30. The van der Waals surface area contributed by atoms with Crippen LogP contribution < -0.4 is 0 Å². The number of carbonyl (C=O) groups excluding carboxylic acids is 1. The molecule has 1 aromatic carbocycles. The van der Waals surface area contributed by atoms with Gasteiger partial charge in [-0.1, -0.05) is 30.0 Å². The van der Waals surface area contributed by atoms with E-state index in [4.69, 9.17) is 4.98 Å². The van der Waals surface area contributed by atoms with Gasteiger partial charge in [0, 0.05) is 34.9 Å². The van der Waals surface area contributed by atoms with E-state index < -0.39 is 0 Å². The second-order valence-corrected chi connectivity index (χ2v) is 8.43. The highest BCUT2D eigenvalue weighted by molar-refractivity contribution is 7.99. The third-order valence-corrected chi connectivity index (χ3v) is 6.14. The molecule has 0 spiro atoms. The van der Waals surface area contributed by atoms with E-state index in [2.05, 4.69) is 46.2 Å². The molecular formula is C22H25N5OS. The first-order valence-corrected chi connectivity index (χ1v) is 10.9. The van der Waals surface area contributed by atoms with Crippen LogP contribution in [-0.2, 0) is 6.54 Å². The quantitative estimate of drug-likeness (QED) is 0.333. The summed E-state index contributed by atoms with van der Waals surface area (Å²) in [5.41, 5.74) is 5.63. The minimum absolute atomic E-state index is 0.0923. The van der Waals surface area contributed by atoms with Crippen LogP contribution in [-0.4, -0.2) is 35.9 Å². The lowest BCUT2D eigenvalue weighted by Crippen LogP contribution is -2.08. The number of benzene rings is 1. The maximum absolute atomic E-state index is 12.8. The second kappa shape index (κ2) is 7.63. The number of hydrogen-bond donors (Lipinski definition) is 0. The summed E-state index contributed by atoms with van der Waals surface area (Å²) in [4.78, 5) is 17.6. The van der Waals surface area contributed by atoms with Crippen molar-refractivity contribution in [3.05, 3.63) is 47.3 Å². The van der Waals surface area contributed by atoms with Crippen LogP contribution in [0.3, 0.4) is 0 Å². The summed E-state index contributed by atoms with van der Waals surface area (Å²) in [7, 11) is 0. The van der Waals surface area contributed by atoms with Crippen LogP contribution in [0.5, 0.6) is 0 Å². The molecule has 0 bridgehead atoms. The number of para-hydroxylation sites is 1. The summed E-state index contributed by atoms with van der Waals surface area (Å²) in [6, 6.07) is 10.4. The Balaban J connectivity index is 1.61. The summed E-state index contributed by atoms with van der Waals surface area (Å²) < 4.78 is 4.34. The van der Waals surface area contributed by atoms with Gasteiger partial charge in [-0.2, -0.15) is 0 Å². The molecule has 0 atom stereocenters. The van der Waals surface area contributed by atoms with Gasteiger partial charge in [-0.3, -0.25) is 4.79 Å². The molecule has 0 N–H and O–H groups in total. The van der Waals surface area contributed by atoms with E-state index in [0.29, 0.717) is 17.0 Å². The Hall–Kier alpha value is -2.67. The van der Waals surface area contributed by atoms with Crippen molar-refractivity contribution in [3.8, 4) is 0 Å². The zero-order valence-electron chi connectivity index (χ0n) is 17.4. The number of carbonyl (C=O) groups is 1. The number of Topliss-reactive ketones (excluding diaryl/α,β-unsaturated/α-hetero) is 1. The molecule has 6 nitrogen and oxygen atoms in total. The van der Waals surface area contributed by atoms with Crippen molar-refractivity contribution in [2.75, 3.05) is 5.75 Å². The predicted octanol–water partition coefficient (Wildman–Crippen LogP) is 4.97. The highest BCUT2D eigenvalue weighted by atomic mass is 32.2. The van der Waals surface area contributed by atoms with Crippen molar-refractivity contribution < 1.29 is 4.79 Å². The third kappa shape index (κ3) is 3.33. The summed E-state index contributed by atoms with van der Waals surface area (Å²) >= 11 is 1.34. The van der Waals surface area contributed by atoms with Crippen molar-refractivity contribution >= 4 is 39.6 Å². The molecule has 0 aliphatic carbocycles. The Kier molecular flexibility index (Phi) is 5.17. The Morgan fingerprint density at radius 2 is 1.93 bits per heavy atom. The van der Waals surface area contributed by atoms with Gasteiger partial charge in [-0.25, -0.2) is 4.98 Å². The van der Waals surface area contributed by atoms with Gasteiger partial charge in [0.05, 0.1) is 11.3 Å². The number of thioether (sulfide) groups is 1. The molecule has 0 fully saturated rings. The van der Waals surface area contributed by atoms with Crippen LogP contribution in [0.15, 0.2) is 35.5 Å². The Morgan fingerprint density at radius 3 is 2.62 bits per heavy atom. The summed E-state index contributed by atoms with van der Waals surface area (Å²) in [6.07, 6.45) is 0. The van der Waals surface area contributed by atoms with Gasteiger partial charge >= 0.3 is 0 Å². The van der Waals surface area contributed by atoms with E-state index in [9.17, 15) is 4.79 Å². The molecule has 0 saturated heterocycles. The lowest BCUT2D eigenvalue weighted by molar-refractivity contribution is 0.102. The molecule has 3 heterocycles. The second-order valence-electron chi connectivity index (χ2n) is 7.49. The molecule has 7 heteroatoms. The van der Waals surface area contributed by atoms with Crippen LogP contribution in [0.25, 0.3) is 22.1 Å². The van der Waals surface area contributed by atoms with Crippen LogP contribution in [0.1, 0.15) is 48.6 Å². The molecule has 0 amide bonds. The average Bonchev–Trinajstić information content (AvgIpc) is 3.19. The minimum atomic E-state index is 0.0923. The Labute approximate surface area is 174 Å². The minimum Gasteiger partial charge on any atom is -0.346 e. The number of fused-ring (bicyclic) bond motifs is 3. The van der Waals surface area contributed by atoms with Gasteiger partial charge in [-0.15, -0.1) is 10.2 Å². The van der Waals surface area contributed by atoms with Crippen molar-refractivity contribution in [2.24, 2.45) is 0 Å². The molecule has 150 valence electrons. The molecule has 0 saturated carbocycles. The molecule has 0 aliphatic rings. The van der Waals surface area contributed by atoms with E-state index >= 15 is 0 Å². The van der Waals surface area contributed by atoms with E-state index in [-0.39, 0.29) is 5.78 Å². The fourth-order valence-corrected chi connectivity index (χ4v) is 4.80. The van der Waals surface area contributed by atoms with Crippen molar-refractivity contribution in [1.82, 2.24) is 24.3 Å². The van der Waals surface area contributed by atoms with Crippen molar-refractivity contribution in [3.63, 3.8) is 0 Å². The summed E-state index contributed by atoms with van der Waals surface area (Å²) in [6.45, 7) is 11.2. The van der Waals surface area contributed by atoms with Crippen LogP contribution >= 0.6 is 11.8 Å². The van der Waals surface area contributed by atoms with E-state index in [1.807, 2.05) is 38.1 Å². The van der Waals surface area contributed by atoms with Crippen LogP contribution in [0.2, 0.25) is 0 Å². The fraction of sp³-hybridized carbons (Fsp3) is 0.364. The lowest BCUT2D eigenvalue weighted by atomic mass is 10.2. The van der Waals surface area contributed by atoms with E-state index in [1.54, 1.807) is 0 Å². The van der Waals surface area contributed by atoms with Crippen LogP contribution in [0, 0.1) is 13.8 Å². The molecular weight excluding hydrogens is 382 g/mol. The molecule has 4 aromatic rings. The maximum Gasteiger partial charge on any atom is 0.211 e. The molecule has 3 aromatic heterocycles. The fourth-order valence-electron chi connectivity index (χ4n) is 4.13. The van der Waals surface area contributed by atoms with Gasteiger partial charge in [0.1, 0.15) is 5.52 Å². The monoisotopic (exact) mass is 407 g/mol. The van der Waals surface area contributed by atoms with Gasteiger partial charge in [0.2, 0.25) is 5.16 Å². The molecule has 4 rings (SSSR count). The Morgan fingerprint density at radius 1 is 1.17 bits per heavy atom. The largest absolute Gasteiger partial charge is 0.346 e. The number of nitrogens with zero attached hydrogens (tertiary/aromatic N) is 5. The normalized spacial score (nSPS) is 11.8. The van der Waals surface area contributed by atoms with Gasteiger partial charge in [0.25, 0.3) is 0 Å². The predicted molar refractivity (Wildman–Crippen MR) is 118 cm³/mol. The standard InChI is InChI=1S/C22H25N5OS/c1-6-26-18-10-8-7-9-16(18)20-21(26)23-22(25-24-20)29-12-19(28)17-11-14(4)27(13(2)3)15(17)5/h7-11,13H,6,12H2,1-5H3. The van der Waals surface area contributed by atoms with Gasteiger partial charge < -0.3 is 9.13 Å². The number of ketones is 1. The number of hydrogen-bond acceptors (Lipinski definition) is 5. The zero-order valence-corrected chi connectivity index (χ0v) is 18.2. The summed E-state index contributed by atoms with van der Waals surface area (Å²) in [5.74, 6) is 0.386. The molecule has 0 radical (unpaired) electrons. The van der Waals surface area contributed by atoms with Crippen molar-refractivity contribution in [1.29, 1.82) is 0 Å². The topological polar surface area (TPSA) is 65.6 Å².